The summed E-state index contributed by atoms with van der Waals surface area (Å²) in [4.78, 5) is 0.337. The number of nitrogens with zero attached hydrogens (tertiary/aromatic N) is 1. The minimum absolute atomic E-state index is 0.337. The zero-order valence-electron chi connectivity index (χ0n) is 12.6. The van der Waals surface area contributed by atoms with E-state index in [9.17, 15) is 8.42 Å². The molecule has 0 bridgehead atoms. The molecule has 0 saturated carbocycles. The van der Waals surface area contributed by atoms with E-state index in [4.69, 9.17) is 11.6 Å². The quantitative estimate of drug-likeness (QED) is 0.903. The molecule has 1 N–H and O–H groups in total. The van der Waals surface area contributed by atoms with E-state index in [0.29, 0.717) is 34.5 Å². The van der Waals surface area contributed by atoms with Crippen LogP contribution in [0.15, 0.2) is 23.1 Å². The number of hydrogen-bond acceptors (Lipinski definition) is 3. The molecule has 1 saturated heterocycles. The number of nitrogens with one attached hydrogen (secondary N) is 1. The van der Waals surface area contributed by atoms with Crippen LogP contribution in [0.25, 0.3) is 0 Å². The Morgan fingerprint density at radius 1 is 1.33 bits per heavy atom. The van der Waals surface area contributed by atoms with Gasteiger partial charge in [-0.2, -0.15) is 4.31 Å². The Hall–Kier alpha value is -0.620. The van der Waals surface area contributed by atoms with Gasteiger partial charge in [-0.05, 0) is 63.4 Å². The van der Waals surface area contributed by atoms with E-state index in [0.717, 1.165) is 25.8 Å². The second-order valence-electron chi connectivity index (χ2n) is 5.60. The molecule has 1 aromatic rings. The van der Waals surface area contributed by atoms with Gasteiger partial charge < -0.3 is 5.32 Å². The van der Waals surface area contributed by atoms with Gasteiger partial charge in [0.05, 0.1) is 4.90 Å². The van der Waals surface area contributed by atoms with E-state index >= 15 is 0 Å². The molecule has 2 rings (SSSR count). The first-order chi connectivity index (χ1) is 9.96. The van der Waals surface area contributed by atoms with Gasteiger partial charge in [0.1, 0.15) is 0 Å². The van der Waals surface area contributed by atoms with Crippen molar-refractivity contribution in [1.82, 2.24) is 9.62 Å². The fourth-order valence-electron chi connectivity index (χ4n) is 2.79. The largest absolute Gasteiger partial charge is 0.320 e. The van der Waals surface area contributed by atoms with Crippen LogP contribution in [-0.4, -0.2) is 39.4 Å². The van der Waals surface area contributed by atoms with E-state index < -0.39 is 10.0 Å². The topological polar surface area (TPSA) is 49.4 Å². The standard InChI is InChI=1S/C15H23ClN2O2S/c1-12-14(16)4-3-5-15(12)21(19,20)18-10-7-13(8-11-18)6-9-17-2/h3-5,13,17H,6-11H2,1-2H3. The van der Waals surface area contributed by atoms with Crippen LogP contribution in [0, 0.1) is 12.8 Å². The Morgan fingerprint density at radius 2 is 2.00 bits per heavy atom. The van der Waals surface area contributed by atoms with Crippen molar-refractivity contribution in [2.24, 2.45) is 5.92 Å². The third kappa shape index (κ3) is 3.77. The van der Waals surface area contributed by atoms with Crippen LogP contribution < -0.4 is 5.32 Å². The fraction of sp³-hybridized carbons (Fsp3) is 0.600. The molecule has 1 aliphatic heterocycles. The van der Waals surface area contributed by atoms with Crippen LogP contribution in [0.5, 0.6) is 0 Å². The van der Waals surface area contributed by atoms with E-state index in [2.05, 4.69) is 5.32 Å². The molecule has 0 spiro atoms. The highest BCUT2D eigenvalue weighted by atomic mass is 35.5. The van der Waals surface area contributed by atoms with E-state index in [1.54, 1.807) is 29.4 Å². The summed E-state index contributed by atoms with van der Waals surface area (Å²) in [6.07, 6.45) is 2.97. The second kappa shape index (κ2) is 7.09. The lowest BCUT2D eigenvalue weighted by Crippen LogP contribution is -2.39. The third-order valence-electron chi connectivity index (χ3n) is 4.21. The van der Waals surface area contributed by atoms with Gasteiger partial charge in [0, 0.05) is 18.1 Å². The van der Waals surface area contributed by atoms with Gasteiger partial charge >= 0.3 is 0 Å². The number of hydrogen-bond donors (Lipinski definition) is 1. The molecule has 1 aliphatic rings. The number of halogens is 1. The van der Waals surface area contributed by atoms with Crippen molar-refractivity contribution >= 4 is 21.6 Å². The summed E-state index contributed by atoms with van der Waals surface area (Å²) in [6.45, 7) is 3.95. The smallest absolute Gasteiger partial charge is 0.243 e. The minimum atomic E-state index is -3.43. The summed E-state index contributed by atoms with van der Waals surface area (Å²) in [7, 11) is -1.48. The Morgan fingerprint density at radius 3 is 2.62 bits per heavy atom. The van der Waals surface area contributed by atoms with Crippen molar-refractivity contribution < 1.29 is 8.42 Å². The SMILES string of the molecule is CNCCC1CCN(S(=O)(=O)c2cccc(Cl)c2C)CC1. The highest BCUT2D eigenvalue weighted by Gasteiger charge is 2.30. The first kappa shape index (κ1) is 16.7. The van der Waals surface area contributed by atoms with E-state index in [-0.39, 0.29) is 0 Å². The lowest BCUT2D eigenvalue weighted by Gasteiger charge is -2.31. The predicted molar refractivity (Wildman–Crippen MR) is 86.2 cm³/mol. The maximum Gasteiger partial charge on any atom is 0.243 e. The maximum absolute atomic E-state index is 12.7. The molecule has 21 heavy (non-hydrogen) atoms. The highest BCUT2D eigenvalue weighted by molar-refractivity contribution is 7.89. The van der Waals surface area contributed by atoms with Crippen molar-refractivity contribution in [2.45, 2.75) is 31.1 Å². The van der Waals surface area contributed by atoms with Crippen LogP contribution in [0.4, 0.5) is 0 Å². The number of sulfonamides is 1. The number of piperidine rings is 1. The monoisotopic (exact) mass is 330 g/mol. The Bertz CT molecular complexity index is 581. The molecule has 0 radical (unpaired) electrons. The zero-order valence-corrected chi connectivity index (χ0v) is 14.2. The average Bonchev–Trinajstić information content (AvgIpc) is 2.48. The Labute approximate surface area is 132 Å². The lowest BCUT2D eigenvalue weighted by atomic mass is 9.95. The molecule has 0 amide bonds. The van der Waals surface area contributed by atoms with Crippen LogP contribution in [0.2, 0.25) is 5.02 Å². The van der Waals surface area contributed by atoms with Crippen molar-refractivity contribution in [2.75, 3.05) is 26.7 Å². The summed E-state index contributed by atoms with van der Waals surface area (Å²) in [5.41, 5.74) is 0.636. The molecule has 0 aliphatic carbocycles. The summed E-state index contributed by atoms with van der Waals surface area (Å²) in [5.74, 6) is 0.615. The predicted octanol–water partition coefficient (Wildman–Crippen LogP) is 2.66. The number of rotatable bonds is 5. The Kier molecular flexibility index (Phi) is 5.66. The van der Waals surface area contributed by atoms with Gasteiger partial charge in [0.25, 0.3) is 0 Å². The summed E-state index contributed by atoms with van der Waals surface area (Å²) in [5, 5.41) is 3.65. The first-order valence-electron chi connectivity index (χ1n) is 7.36. The molecule has 0 atom stereocenters. The van der Waals surface area contributed by atoms with Crippen LogP contribution >= 0.6 is 11.6 Å². The second-order valence-corrected chi connectivity index (χ2v) is 7.92. The lowest BCUT2D eigenvalue weighted by molar-refractivity contribution is 0.263. The van der Waals surface area contributed by atoms with Crippen molar-refractivity contribution in [3.05, 3.63) is 28.8 Å². The average molecular weight is 331 g/mol. The molecular weight excluding hydrogens is 308 g/mol. The normalized spacial score (nSPS) is 18.0. The zero-order chi connectivity index (χ0) is 15.5. The van der Waals surface area contributed by atoms with Crippen LogP contribution in [0.3, 0.4) is 0 Å². The number of benzene rings is 1. The van der Waals surface area contributed by atoms with Gasteiger partial charge in [0.15, 0.2) is 0 Å². The summed E-state index contributed by atoms with van der Waals surface area (Å²) in [6, 6.07) is 5.06. The first-order valence-corrected chi connectivity index (χ1v) is 9.18. The Balaban J connectivity index is 2.10. The van der Waals surface area contributed by atoms with E-state index in [1.165, 1.54) is 0 Å². The summed E-state index contributed by atoms with van der Waals surface area (Å²) >= 11 is 6.05. The van der Waals surface area contributed by atoms with Crippen molar-refractivity contribution in [1.29, 1.82) is 0 Å². The van der Waals surface area contributed by atoms with Gasteiger partial charge in [-0.1, -0.05) is 17.7 Å². The molecular formula is C15H23ClN2O2S. The molecule has 118 valence electrons. The third-order valence-corrected chi connectivity index (χ3v) is 6.66. The van der Waals surface area contributed by atoms with Gasteiger partial charge in [-0.3, -0.25) is 0 Å². The maximum atomic E-state index is 12.7. The molecule has 4 nitrogen and oxygen atoms in total. The highest BCUT2D eigenvalue weighted by Crippen LogP contribution is 2.29. The molecule has 1 heterocycles. The minimum Gasteiger partial charge on any atom is -0.320 e. The van der Waals surface area contributed by atoms with Crippen LogP contribution in [0.1, 0.15) is 24.8 Å². The van der Waals surface area contributed by atoms with Crippen molar-refractivity contribution in [3.63, 3.8) is 0 Å². The van der Waals surface area contributed by atoms with Gasteiger partial charge in [-0.15, -0.1) is 0 Å². The van der Waals surface area contributed by atoms with Crippen LogP contribution in [-0.2, 0) is 10.0 Å². The summed E-state index contributed by atoms with van der Waals surface area (Å²) < 4.78 is 27.1. The van der Waals surface area contributed by atoms with Gasteiger partial charge in [0.2, 0.25) is 10.0 Å². The van der Waals surface area contributed by atoms with E-state index in [1.807, 2.05) is 7.05 Å². The molecule has 1 aromatic carbocycles. The fourth-order valence-corrected chi connectivity index (χ4v) is 4.74. The van der Waals surface area contributed by atoms with Crippen molar-refractivity contribution in [3.8, 4) is 0 Å². The molecule has 0 unspecified atom stereocenters. The molecule has 0 aromatic heterocycles. The van der Waals surface area contributed by atoms with Gasteiger partial charge in [-0.25, -0.2) is 8.42 Å². The molecule has 1 fully saturated rings. The molecule has 6 heteroatoms.